The largest absolute Gasteiger partial charge is 0.309 e. The summed E-state index contributed by atoms with van der Waals surface area (Å²) in [6, 6.07) is 111. The lowest BCUT2D eigenvalue weighted by atomic mass is 9.95. The summed E-state index contributed by atoms with van der Waals surface area (Å²) >= 11 is 0. The molecule has 0 radical (unpaired) electrons. The van der Waals surface area contributed by atoms with Crippen LogP contribution in [0.25, 0.3) is 116 Å². The molecule has 14 aromatic rings. The van der Waals surface area contributed by atoms with Gasteiger partial charge in [-0.05, 0) is 138 Å². The number of benzene rings is 13. The van der Waals surface area contributed by atoms with Crippen molar-refractivity contribution in [1.29, 1.82) is 0 Å². The summed E-state index contributed by atoms with van der Waals surface area (Å²) in [5.41, 5.74) is 21.0. The number of aromatic nitrogens is 1. The highest BCUT2D eigenvalue weighted by molar-refractivity contribution is 6.11. The molecule has 0 aliphatic carbocycles. The minimum Gasteiger partial charge on any atom is -0.309 e. The molecule has 0 N–H and O–H groups in total. The zero-order valence-electron chi connectivity index (χ0n) is 41.8. The number of para-hydroxylation sites is 2. The van der Waals surface area contributed by atoms with Crippen molar-refractivity contribution in [3.05, 3.63) is 303 Å². The molecule has 14 rings (SSSR count). The van der Waals surface area contributed by atoms with Crippen molar-refractivity contribution in [2.45, 2.75) is 0 Å². The number of fused-ring (bicyclic) bond motifs is 5. The van der Waals surface area contributed by atoms with Crippen molar-refractivity contribution in [3.63, 3.8) is 0 Å². The third-order valence-corrected chi connectivity index (χ3v) is 15.2. The van der Waals surface area contributed by atoms with Gasteiger partial charge in [0.05, 0.1) is 22.4 Å². The molecule has 0 fully saturated rings. The molecular formula is C74H50N2. The predicted molar refractivity (Wildman–Crippen MR) is 323 cm³/mol. The molecule has 0 atom stereocenters. The highest BCUT2D eigenvalue weighted by Crippen LogP contribution is 2.45. The Morgan fingerprint density at radius 3 is 1.36 bits per heavy atom. The summed E-state index contributed by atoms with van der Waals surface area (Å²) < 4.78 is 2.45. The molecule has 0 spiro atoms. The maximum atomic E-state index is 2.45. The van der Waals surface area contributed by atoms with Gasteiger partial charge in [0.2, 0.25) is 0 Å². The quantitative estimate of drug-likeness (QED) is 0.133. The molecule has 13 aromatic carbocycles. The molecule has 356 valence electrons. The highest BCUT2D eigenvalue weighted by atomic mass is 15.1. The smallest absolute Gasteiger partial charge is 0.0541 e. The lowest BCUT2D eigenvalue weighted by molar-refractivity contribution is 1.18. The van der Waals surface area contributed by atoms with Crippen LogP contribution in [0.4, 0.5) is 17.1 Å². The van der Waals surface area contributed by atoms with Gasteiger partial charge < -0.3 is 9.47 Å². The normalized spacial score (nSPS) is 11.4. The van der Waals surface area contributed by atoms with Crippen LogP contribution in [0.1, 0.15) is 0 Å². The van der Waals surface area contributed by atoms with Gasteiger partial charge >= 0.3 is 0 Å². The van der Waals surface area contributed by atoms with Gasteiger partial charge in [-0.2, -0.15) is 0 Å². The lowest BCUT2D eigenvalue weighted by Gasteiger charge is -2.29. The van der Waals surface area contributed by atoms with E-state index in [9.17, 15) is 0 Å². The third-order valence-electron chi connectivity index (χ3n) is 15.2. The van der Waals surface area contributed by atoms with Crippen LogP contribution in [0.3, 0.4) is 0 Å². The fourth-order valence-electron chi connectivity index (χ4n) is 11.4. The maximum absolute atomic E-state index is 2.45. The van der Waals surface area contributed by atoms with Gasteiger partial charge in [-0.1, -0.05) is 243 Å². The van der Waals surface area contributed by atoms with Crippen molar-refractivity contribution in [1.82, 2.24) is 4.57 Å². The van der Waals surface area contributed by atoms with Crippen molar-refractivity contribution in [2.24, 2.45) is 0 Å². The Kier molecular flexibility index (Phi) is 11.2. The molecule has 0 bridgehead atoms. The van der Waals surface area contributed by atoms with Crippen LogP contribution in [0.5, 0.6) is 0 Å². The summed E-state index contributed by atoms with van der Waals surface area (Å²) in [5, 5.41) is 7.28. The minimum atomic E-state index is 1.12. The van der Waals surface area contributed by atoms with Gasteiger partial charge in [0.25, 0.3) is 0 Å². The molecule has 1 aromatic heterocycles. The van der Waals surface area contributed by atoms with Crippen molar-refractivity contribution >= 4 is 60.4 Å². The Labute approximate surface area is 443 Å². The van der Waals surface area contributed by atoms with Crippen LogP contribution < -0.4 is 4.90 Å². The van der Waals surface area contributed by atoms with Gasteiger partial charge in [0, 0.05) is 33.1 Å². The fourth-order valence-corrected chi connectivity index (χ4v) is 11.4. The van der Waals surface area contributed by atoms with Crippen LogP contribution in [0.15, 0.2) is 303 Å². The Balaban J connectivity index is 0.857. The van der Waals surface area contributed by atoms with Crippen LogP contribution in [0.2, 0.25) is 0 Å². The zero-order valence-corrected chi connectivity index (χ0v) is 41.8. The first-order chi connectivity index (χ1) is 37.7. The first kappa shape index (κ1) is 44.7. The number of hydrogen-bond donors (Lipinski definition) is 0. The molecule has 0 saturated carbocycles. The number of nitrogens with zero attached hydrogens (tertiary/aromatic N) is 2. The minimum absolute atomic E-state index is 1.12. The topological polar surface area (TPSA) is 8.17 Å². The Morgan fingerprint density at radius 1 is 0.224 bits per heavy atom. The molecule has 0 saturated heterocycles. The van der Waals surface area contributed by atoms with Crippen molar-refractivity contribution in [2.75, 3.05) is 4.90 Å². The van der Waals surface area contributed by atoms with E-state index in [1.807, 2.05) is 0 Å². The van der Waals surface area contributed by atoms with Gasteiger partial charge in [-0.25, -0.2) is 0 Å². The number of hydrogen-bond acceptors (Lipinski definition) is 1. The van der Waals surface area contributed by atoms with E-state index >= 15 is 0 Å². The summed E-state index contributed by atoms with van der Waals surface area (Å²) in [4.78, 5) is 2.43. The fraction of sp³-hybridized carbons (Fsp3) is 0. The Bertz CT molecular complexity index is 4310. The molecular weight excluding hydrogens is 917 g/mol. The molecule has 76 heavy (non-hydrogen) atoms. The maximum Gasteiger partial charge on any atom is 0.0541 e. The standard InChI is InChI=1S/C74H50N2/c1-3-16-51(17-4-1)54-30-34-57(35-31-54)63-46-64(58-36-32-55(33-37-58)52-18-5-2-6-19-52)49-66(48-63)76-73-28-14-12-26-69(73)70-50-62(43-45-74(70)76)56-38-40-60(41-39-56)68-25-11-13-27-71(68)75(65-44-42-53-20-7-8-22-61(53)47-65)72-29-15-23-59-21-9-10-24-67(59)72/h1-50H. The Morgan fingerprint density at radius 2 is 0.684 bits per heavy atom. The van der Waals surface area contributed by atoms with Crippen LogP contribution in [0, 0.1) is 0 Å². The van der Waals surface area contributed by atoms with Crippen molar-refractivity contribution < 1.29 is 0 Å². The monoisotopic (exact) mass is 966 g/mol. The van der Waals surface area contributed by atoms with E-state index in [0.29, 0.717) is 0 Å². The van der Waals surface area contributed by atoms with E-state index in [1.165, 1.54) is 99.0 Å². The molecule has 0 amide bonds. The number of rotatable bonds is 10. The lowest BCUT2D eigenvalue weighted by Crippen LogP contribution is -2.11. The average molecular weight is 967 g/mol. The highest BCUT2D eigenvalue weighted by Gasteiger charge is 2.21. The van der Waals surface area contributed by atoms with E-state index < -0.39 is 0 Å². The summed E-state index contributed by atoms with van der Waals surface area (Å²) in [7, 11) is 0. The van der Waals surface area contributed by atoms with Gasteiger partial charge in [0.15, 0.2) is 0 Å². The molecule has 0 aliphatic heterocycles. The second kappa shape index (κ2) is 19.1. The third kappa shape index (κ3) is 8.19. The van der Waals surface area contributed by atoms with Crippen LogP contribution in [-0.2, 0) is 0 Å². The zero-order chi connectivity index (χ0) is 50.4. The first-order valence-corrected chi connectivity index (χ1v) is 26.1. The van der Waals surface area contributed by atoms with Crippen LogP contribution >= 0.6 is 0 Å². The van der Waals surface area contributed by atoms with Gasteiger partial charge in [-0.3, -0.25) is 0 Å². The number of anilines is 3. The molecule has 0 unspecified atom stereocenters. The summed E-state index contributed by atoms with van der Waals surface area (Å²) in [5.74, 6) is 0. The Hall–Kier alpha value is -10.0. The van der Waals surface area contributed by atoms with Gasteiger partial charge in [-0.15, -0.1) is 0 Å². The van der Waals surface area contributed by atoms with E-state index in [-0.39, 0.29) is 0 Å². The summed E-state index contributed by atoms with van der Waals surface area (Å²) in [6.45, 7) is 0. The molecule has 2 heteroatoms. The molecule has 2 nitrogen and oxygen atoms in total. The van der Waals surface area contributed by atoms with Crippen molar-refractivity contribution in [3.8, 4) is 72.4 Å². The van der Waals surface area contributed by atoms with Crippen LogP contribution in [-0.4, -0.2) is 4.57 Å². The molecule has 1 heterocycles. The predicted octanol–water partition coefficient (Wildman–Crippen LogP) is 20.6. The van der Waals surface area contributed by atoms with E-state index in [0.717, 1.165) is 33.9 Å². The van der Waals surface area contributed by atoms with E-state index in [1.54, 1.807) is 0 Å². The molecule has 0 aliphatic rings. The van der Waals surface area contributed by atoms with E-state index in [2.05, 4.69) is 313 Å². The van der Waals surface area contributed by atoms with E-state index in [4.69, 9.17) is 0 Å². The van der Waals surface area contributed by atoms with Gasteiger partial charge in [0.1, 0.15) is 0 Å². The SMILES string of the molecule is c1ccc(-c2ccc(-c3cc(-c4ccc(-c5ccccc5)cc4)cc(-n4c5ccccc5c5cc(-c6ccc(-c7ccccc7N(c7ccc8ccccc8c7)c7cccc8ccccc78)cc6)ccc54)c3)cc2)cc1. The average Bonchev–Trinajstić information content (AvgIpc) is 3.92. The second-order valence-corrected chi connectivity index (χ2v) is 19.7. The second-order valence-electron chi connectivity index (χ2n) is 19.7. The summed E-state index contributed by atoms with van der Waals surface area (Å²) in [6.07, 6.45) is 0. The first-order valence-electron chi connectivity index (χ1n) is 26.1.